The van der Waals surface area contributed by atoms with Gasteiger partial charge in [0.2, 0.25) is 0 Å². The van der Waals surface area contributed by atoms with Crippen LogP contribution in [0.2, 0.25) is 0 Å². The fourth-order valence-corrected chi connectivity index (χ4v) is 3.72. The predicted molar refractivity (Wildman–Crippen MR) is 82.3 cm³/mol. The predicted octanol–water partition coefficient (Wildman–Crippen LogP) is 2.41. The highest BCUT2D eigenvalue weighted by Crippen LogP contribution is 2.45. The zero-order chi connectivity index (χ0) is 15.2. The van der Waals surface area contributed by atoms with Crippen molar-refractivity contribution < 1.29 is 9.53 Å². The Balaban J connectivity index is 1.43. The van der Waals surface area contributed by atoms with Crippen molar-refractivity contribution in [3.05, 3.63) is 16.1 Å². The average Bonchev–Trinajstić information content (AvgIpc) is 2.77. The molecular weight excluding hydrogens is 286 g/mol. The van der Waals surface area contributed by atoms with Gasteiger partial charge in [0.15, 0.2) is 0 Å². The number of thiazole rings is 1. The summed E-state index contributed by atoms with van der Waals surface area (Å²) < 4.78 is 5.42. The molecule has 2 unspecified atom stereocenters. The van der Waals surface area contributed by atoms with Gasteiger partial charge < -0.3 is 15.0 Å². The molecule has 1 aliphatic heterocycles. The van der Waals surface area contributed by atoms with Crippen molar-refractivity contribution in [2.24, 2.45) is 11.8 Å². The minimum atomic E-state index is -0.412. The van der Waals surface area contributed by atoms with Crippen LogP contribution in [0.4, 0.5) is 4.79 Å². The van der Waals surface area contributed by atoms with Crippen molar-refractivity contribution >= 4 is 17.4 Å². The summed E-state index contributed by atoms with van der Waals surface area (Å²) in [6, 6.07) is 0.535. The Morgan fingerprint density at radius 3 is 2.67 bits per heavy atom. The maximum absolute atomic E-state index is 12.0. The Morgan fingerprint density at radius 2 is 2.14 bits per heavy atom. The highest BCUT2D eigenvalue weighted by Gasteiger charge is 2.56. The zero-order valence-electron chi connectivity index (χ0n) is 13.0. The SMILES string of the molecule is Cc1csc(CNC2C3CN(C(=O)OC(C)(C)C)CC32)n1. The molecule has 3 rings (SSSR count). The van der Waals surface area contributed by atoms with Gasteiger partial charge in [0.1, 0.15) is 10.6 Å². The highest BCUT2D eigenvalue weighted by atomic mass is 32.1. The number of amides is 1. The van der Waals surface area contributed by atoms with Gasteiger partial charge in [-0.2, -0.15) is 0 Å². The Bertz CT molecular complexity index is 525. The van der Waals surface area contributed by atoms with Crippen LogP contribution in [0.15, 0.2) is 5.38 Å². The molecule has 1 saturated carbocycles. The number of nitrogens with one attached hydrogen (secondary N) is 1. The summed E-state index contributed by atoms with van der Waals surface area (Å²) in [7, 11) is 0. The molecule has 1 aliphatic carbocycles. The molecule has 2 heterocycles. The van der Waals surface area contributed by atoms with Crippen LogP contribution in [0.25, 0.3) is 0 Å². The smallest absolute Gasteiger partial charge is 0.410 e. The van der Waals surface area contributed by atoms with Crippen molar-refractivity contribution in [3.63, 3.8) is 0 Å². The Labute approximate surface area is 129 Å². The van der Waals surface area contributed by atoms with Gasteiger partial charge in [0.05, 0.1) is 0 Å². The van der Waals surface area contributed by atoms with Crippen molar-refractivity contribution in [3.8, 4) is 0 Å². The second-order valence-corrected chi connectivity index (χ2v) is 7.94. The monoisotopic (exact) mass is 309 g/mol. The number of carbonyl (C=O) groups is 1. The minimum absolute atomic E-state index is 0.177. The van der Waals surface area contributed by atoms with Crippen LogP contribution in [0.5, 0.6) is 0 Å². The first-order valence-corrected chi connectivity index (χ1v) is 8.34. The molecule has 0 bridgehead atoms. The van der Waals surface area contributed by atoms with Crippen molar-refractivity contribution in [2.45, 2.75) is 45.9 Å². The lowest BCUT2D eigenvalue weighted by molar-refractivity contribution is 0.0269. The molecule has 1 N–H and O–H groups in total. The molecular formula is C15H23N3O2S. The van der Waals surface area contributed by atoms with Crippen molar-refractivity contribution in [2.75, 3.05) is 13.1 Å². The third-order valence-corrected chi connectivity index (χ3v) is 4.97. The van der Waals surface area contributed by atoms with E-state index in [4.69, 9.17) is 4.74 Å². The third kappa shape index (κ3) is 3.37. The Kier molecular flexibility index (Phi) is 3.69. The van der Waals surface area contributed by atoms with Crippen LogP contribution < -0.4 is 5.32 Å². The first-order chi connectivity index (χ1) is 9.83. The summed E-state index contributed by atoms with van der Waals surface area (Å²) in [5.41, 5.74) is 0.674. The van der Waals surface area contributed by atoms with Gasteiger partial charge >= 0.3 is 6.09 Å². The molecule has 21 heavy (non-hydrogen) atoms. The number of hydrogen-bond acceptors (Lipinski definition) is 5. The maximum Gasteiger partial charge on any atom is 0.410 e. The minimum Gasteiger partial charge on any atom is -0.444 e. The van der Waals surface area contributed by atoms with E-state index in [1.807, 2.05) is 32.6 Å². The lowest BCUT2D eigenvalue weighted by atomic mass is 10.2. The molecule has 1 amide bonds. The number of nitrogens with zero attached hydrogens (tertiary/aromatic N) is 2. The van der Waals surface area contributed by atoms with Gasteiger partial charge in [-0.25, -0.2) is 9.78 Å². The van der Waals surface area contributed by atoms with E-state index >= 15 is 0 Å². The first kappa shape index (κ1) is 14.8. The average molecular weight is 309 g/mol. The van der Waals surface area contributed by atoms with Gasteiger partial charge in [-0.15, -0.1) is 11.3 Å². The number of ether oxygens (including phenoxy) is 1. The van der Waals surface area contributed by atoms with Crippen LogP contribution in [-0.4, -0.2) is 40.7 Å². The van der Waals surface area contributed by atoms with E-state index in [2.05, 4.69) is 15.7 Å². The number of piperidine rings is 1. The first-order valence-electron chi connectivity index (χ1n) is 7.46. The molecule has 2 fully saturated rings. The third-order valence-electron chi connectivity index (χ3n) is 4.00. The molecule has 6 heteroatoms. The second-order valence-electron chi connectivity index (χ2n) is 7.00. The van der Waals surface area contributed by atoms with E-state index in [1.54, 1.807) is 11.3 Å². The molecule has 1 aromatic heterocycles. The molecule has 2 aliphatic rings. The van der Waals surface area contributed by atoms with Gasteiger partial charge in [-0.05, 0) is 39.5 Å². The summed E-state index contributed by atoms with van der Waals surface area (Å²) in [4.78, 5) is 18.3. The van der Waals surface area contributed by atoms with E-state index in [1.165, 1.54) is 0 Å². The summed E-state index contributed by atoms with van der Waals surface area (Å²) >= 11 is 1.70. The molecule has 116 valence electrons. The van der Waals surface area contributed by atoms with Crippen LogP contribution in [-0.2, 0) is 11.3 Å². The number of aryl methyl sites for hydroxylation is 1. The fourth-order valence-electron chi connectivity index (χ4n) is 2.99. The quantitative estimate of drug-likeness (QED) is 0.931. The summed E-state index contributed by atoms with van der Waals surface area (Å²) in [5, 5.41) is 6.78. The standard InChI is InChI=1S/C15H23N3O2S/c1-9-8-21-12(17-9)5-16-13-10-6-18(7-11(10)13)14(19)20-15(2,3)4/h8,10-11,13,16H,5-7H2,1-4H3. The number of likely N-dealkylation sites (tertiary alicyclic amines) is 1. The Hall–Kier alpha value is -1.14. The van der Waals surface area contributed by atoms with Crippen molar-refractivity contribution in [1.82, 2.24) is 15.2 Å². The lowest BCUT2D eigenvalue weighted by Gasteiger charge is -2.26. The molecule has 2 atom stereocenters. The van der Waals surface area contributed by atoms with Crippen molar-refractivity contribution in [1.29, 1.82) is 0 Å². The van der Waals surface area contributed by atoms with Crippen LogP contribution in [0.3, 0.4) is 0 Å². The number of carbonyl (C=O) groups excluding carboxylic acids is 1. The molecule has 1 saturated heterocycles. The number of fused-ring (bicyclic) bond motifs is 1. The molecule has 0 spiro atoms. The Morgan fingerprint density at radius 1 is 1.48 bits per heavy atom. The molecule has 0 radical (unpaired) electrons. The molecule has 1 aromatic rings. The van der Waals surface area contributed by atoms with E-state index < -0.39 is 5.60 Å². The summed E-state index contributed by atoms with van der Waals surface area (Å²) in [5.74, 6) is 1.16. The van der Waals surface area contributed by atoms with Gasteiger partial charge in [-0.1, -0.05) is 0 Å². The van der Waals surface area contributed by atoms with Gasteiger partial charge in [0.25, 0.3) is 0 Å². The van der Waals surface area contributed by atoms with E-state index in [-0.39, 0.29) is 6.09 Å². The zero-order valence-corrected chi connectivity index (χ0v) is 13.9. The fraction of sp³-hybridized carbons (Fsp3) is 0.733. The largest absolute Gasteiger partial charge is 0.444 e. The number of hydrogen-bond donors (Lipinski definition) is 1. The molecule has 0 aromatic carbocycles. The highest BCUT2D eigenvalue weighted by molar-refractivity contribution is 7.09. The van der Waals surface area contributed by atoms with Crippen LogP contribution in [0, 0.1) is 18.8 Å². The topological polar surface area (TPSA) is 54.5 Å². The van der Waals surface area contributed by atoms with Crippen LogP contribution in [0.1, 0.15) is 31.5 Å². The van der Waals surface area contributed by atoms with E-state index in [9.17, 15) is 4.79 Å². The summed E-state index contributed by atoms with van der Waals surface area (Å²) in [6.07, 6.45) is -0.177. The lowest BCUT2D eigenvalue weighted by Crippen LogP contribution is -2.39. The van der Waals surface area contributed by atoms with Crippen LogP contribution >= 0.6 is 11.3 Å². The van der Waals surface area contributed by atoms with Gasteiger partial charge in [-0.3, -0.25) is 0 Å². The van der Waals surface area contributed by atoms with Gasteiger partial charge in [0, 0.05) is 36.8 Å². The number of rotatable bonds is 3. The number of aromatic nitrogens is 1. The summed E-state index contributed by atoms with van der Waals surface area (Å²) in [6.45, 7) is 10.2. The second kappa shape index (κ2) is 5.25. The van der Waals surface area contributed by atoms with E-state index in [0.717, 1.165) is 30.3 Å². The normalized spacial score (nSPS) is 27.6. The molecule has 5 nitrogen and oxygen atoms in total. The van der Waals surface area contributed by atoms with E-state index in [0.29, 0.717) is 17.9 Å². The maximum atomic E-state index is 12.0.